The second kappa shape index (κ2) is 12.6. The topological polar surface area (TPSA) is 106 Å². The largest absolute Gasteiger partial charge is 0.493 e. The number of nitrogens with zero attached hydrogens (tertiary/aromatic N) is 3. The van der Waals surface area contributed by atoms with Crippen molar-refractivity contribution in [2.45, 2.75) is 39.5 Å². The molecule has 10 heteroatoms. The van der Waals surface area contributed by atoms with Gasteiger partial charge >= 0.3 is 0 Å². The lowest BCUT2D eigenvalue weighted by atomic mass is 9.87. The van der Waals surface area contributed by atoms with E-state index in [4.69, 9.17) is 25.8 Å². The second-order valence-corrected chi connectivity index (χ2v) is 10.5. The van der Waals surface area contributed by atoms with E-state index in [0.29, 0.717) is 35.2 Å². The molecule has 1 N–H and O–H groups in total. The van der Waals surface area contributed by atoms with Crippen LogP contribution in [0.5, 0.6) is 17.2 Å². The van der Waals surface area contributed by atoms with Gasteiger partial charge in [0.15, 0.2) is 11.5 Å². The minimum absolute atomic E-state index is 0.0750. The highest BCUT2D eigenvalue weighted by Gasteiger charge is 2.16. The number of nitriles is 1. The Morgan fingerprint density at radius 3 is 2.46 bits per heavy atom. The van der Waals surface area contributed by atoms with Crippen LogP contribution >= 0.6 is 22.9 Å². The molecule has 194 valence electrons. The Morgan fingerprint density at radius 2 is 1.86 bits per heavy atom. The third-order valence-corrected chi connectivity index (χ3v) is 6.50. The molecule has 0 saturated carbocycles. The number of benzene rings is 2. The minimum atomic E-state index is -0.593. The van der Waals surface area contributed by atoms with Crippen LogP contribution in [0.15, 0.2) is 42.0 Å². The number of ether oxygens (including phenoxy) is 3. The standard InChI is InChI=1S/C27H29ClN4O4S/c1-6-23-31-32-26(37-23)30-25(33)18(16-29)13-17-14-21(28)24(22(15-17)34-5)36-12-11-35-20-9-7-19(8-10-20)27(2,3)4/h7-10,13-15H,6,11-12H2,1-5H3,(H,30,32,33)/b18-13-. The van der Waals surface area contributed by atoms with Gasteiger partial charge in [0.2, 0.25) is 5.13 Å². The monoisotopic (exact) mass is 540 g/mol. The Morgan fingerprint density at radius 1 is 1.16 bits per heavy atom. The van der Waals surface area contributed by atoms with E-state index in [1.165, 1.54) is 30.1 Å². The molecule has 0 radical (unpaired) electrons. The number of carbonyl (C=O) groups is 1. The minimum Gasteiger partial charge on any atom is -0.493 e. The van der Waals surface area contributed by atoms with Crippen molar-refractivity contribution in [3.63, 3.8) is 0 Å². The molecule has 0 aliphatic rings. The van der Waals surface area contributed by atoms with Crippen molar-refractivity contribution in [2.75, 3.05) is 25.6 Å². The molecule has 1 heterocycles. The van der Waals surface area contributed by atoms with Gasteiger partial charge in [0.1, 0.15) is 35.6 Å². The number of rotatable bonds is 10. The van der Waals surface area contributed by atoms with Crippen LogP contribution in [0.3, 0.4) is 0 Å². The second-order valence-electron chi connectivity index (χ2n) is 8.98. The van der Waals surface area contributed by atoms with E-state index in [2.05, 4.69) is 36.3 Å². The maximum absolute atomic E-state index is 12.5. The lowest BCUT2D eigenvalue weighted by Crippen LogP contribution is -2.13. The van der Waals surface area contributed by atoms with E-state index in [-0.39, 0.29) is 22.6 Å². The van der Waals surface area contributed by atoms with E-state index >= 15 is 0 Å². The van der Waals surface area contributed by atoms with Crippen molar-refractivity contribution < 1.29 is 19.0 Å². The molecule has 3 rings (SSSR count). The van der Waals surface area contributed by atoms with Gasteiger partial charge in [-0.25, -0.2) is 0 Å². The van der Waals surface area contributed by atoms with Crippen LogP contribution in [0.25, 0.3) is 6.08 Å². The first-order valence-electron chi connectivity index (χ1n) is 11.6. The predicted molar refractivity (Wildman–Crippen MR) is 146 cm³/mol. The number of amides is 1. The summed E-state index contributed by atoms with van der Waals surface area (Å²) >= 11 is 7.71. The Balaban J connectivity index is 1.64. The molecule has 0 saturated heterocycles. The van der Waals surface area contributed by atoms with E-state index in [9.17, 15) is 10.1 Å². The van der Waals surface area contributed by atoms with Crippen LogP contribution in [-0.2, 0) is 16.6 Å². The van der Waals surface area contributed by atoms with Crippen LogP contribution in [0.2, 0.25) is 5.02 Å². The van der Waals surface area contributed by atoms with Gasteiger partial charge in [-0.2, -0.15) is 5.26 Å². The smallest absolute Gasteiger partial charge is 0.268 e. The highest BCUT2D eigenvalue weighted by molar-refractivity contribution is 7.15. The van der Waals surface area contributed by atoms with E-state index in [0.717, 1.165) is 10.8 Å². The number of carbonyl (C=O) groups excluding carboxylic acids is 1. The van der Waals surface area contributed by atoms with Crippen LogP contribution < -0.4 is 19.5 Å². The van der Waals surface area contributed by atoms with E-state index < -0.39 is 5.91 Å². The third kappa shape index (κ3) is 7.68. The predicted octanol–water partition coefficient (Wildman–Crippen LogP) is 6.06. The molecule has 3 aromatic rings. The summed E-state index contributed by atoms with van der Waals surface area (Å²) in [4.78, 5) is 12.5. The zero-order valence-corrected chi connectivity index (χ0v) is 23.0. The molecule has 1 amide bonds. The average Bonchev–Trinajstić information content (AvgIpc) is 3.32. The molecule has 1 aromatic heterocycles. The summed E-state index contributed by atoms with van der Waals surface area (Å²) in [6.45, 7) is 8.96. The number of halogens is 1. The number of aromatic nitrogens is 2. The van der Waals surface area contributed by atoms with Gasteiger partial charge < -0.3 is 14.2 Å². The fraction of sp³-hybridized carbons (Fsp3) is 0.333. The van der Waals surface area contributed by atoms with Gasteiger partial charge in [0.25, 0.3) is 5.91 Å². The molecule has 0 spiro atoms. The number of hydrogen-bond acceptors (Lipinski definition) is 8. The number of nitrogens with one attached hydrogen (secondary N) is 1. The van der Waals surface area contributed by atoms with Gasteiger partial charge in [-0.1, -0.05) is 62.8 Å². The Kier molecular flexibility index (Phi) is 9.50. The van der Waals surface area contributed by atoms with Crippen LogP contribution in [0.4, 0.5) is 5.13 Å². The Bertz CT molecular complexity index is 1310. The number of aryl methyl sites for hydroxylation is 1. The fourth-order valence-electron chi connectivity index (χ4n) is 3.24. The first kappa shape index (κ1) is 28.0. The Labute approximate surface area is 225 Å². The van der Waals surface area contributed by atoms with Gasteiger partial charge in [-0.15, -0.1) is 10.2 Å². The molecule has 0 aliphatic heterocycles. The van der Waals surface area contributed by atoms with Crippen molar-refractivity contribution >= 4 is 40.1 Å². The molecule has 37 heavy (non-hydrogen) atoms. The van der Waals surface area contributed by atoms with Crippen molar-refractivity contribution in [2.24, 2.45) is 0 Å². The van der Waals surface area contributed by atoms with Gasteiger partial charge in [-0.3, -0.25) is 10.1 Å². The highest BCUT2D eigenvalue weighted by Crippen LogP contribution is 2.37. The summed E-state index contributed by atoms with van der Waals surface area (Å²) in [7, 11) is 1.48. The summed E-state index contributed by atoms with van der Waals surface area (Å²) in [6, 6.07) is 13.1. The number of hydrogen-bond donors (Lipinski definition) is 1. The van der Waals surface area contributed by atoms with Crippen LogP contribution in [0.1, 0.15) is 43.8 Å². The molecule has 0 bridgehead atoms. The third-order valence-electron chi connectivity index (χ3n) is 5.24. The van der Waals surface area contributed by atoms with Gasteiger partial charge in [-0.05, 0) is 53.3 Å². The summed E-state index contributed by atoms with van der Waals surface area (Å²) in [5.74, 6) is 0.862. The summed E-state index contributed by atoms with van der Waals surface area (Å²) in [5.41, 5.74) is 1.68. The van der Waals surface area contributed by atoms with Crippen LogP contribution in [0, 0.1) is 11.3 Å². The fourth-order valence-corrected chi connectivity index (χ4v) is 4.19. The first-order chi connectivity index (χ1) is 17.6. The average molecular weight is 541 g/mol. The highest BCUT2D eigenvalue weighted by atomic mass is 35.5. The SMILES string of the molecule is CCc1nnc(NC(=O)/C(C#N)=C\c2cc(Cl)c(OCCOc3ccc(C(C)(C)C)cc3)c(OC)c2)s1. The van der Waals surface area contributed by atoms with Gasteiger partial charge in [0.05, 0.1) is 12.1 Å². The molecular formula is C27H29ClN4O4S. The Hall–Kier alpha value is -3.61. The lowest BCUT2D eigenvalue weighted by molar-refractivity contribution is -0.112. The molecule has 2 aromatic carbocycles. The molecular weight excluding hydrogens is 512 g/mol. The molecule has 0 atom stereocenters. The zero-order chi connectivity index (χ0) is 27.0. The van der Waals surface area contributed by atoms with Crippen LogP contribution in [-0.4, -0.2) is 36.4 Å². The van der Waals surface area contributed by atoms with Crippen molar-refractivity contribution in [1.82, 2.24) is 10.2 Å². The summed E-state index contributed by atoms with van der Waals surface area (Å²) in [6.07, 6.45) is 2.12. The molecule has 0 aliphatic carbocycles. The normalized spacial score (nSPS) is 11.5. The molecule has 8 nitrogen and oxygen atoms in total. The summed E-state index contributed by atoms with van der Waals surface area (Å²) in [5, 5.41) is 21.4. The zero-order valence-electron chi connectivity index (χ0n) is 21.4. The number of methoxy groups -OCH3 is 1. The van der Waals surface area contributed by atoms with Crippen molar-refractivity contribution in [3.05, 3.63) is 63.1 Å². The molecule has 0 unspecified atom stereocenters. The quantitative estimate of drug-likeness (QED) is 0.189. The van der Waals surface area contributed by atoms with Crippen molar-refractivity contribution in [1.29, 1.82) is 5.26 Å². The maximum atomic E-state index is 12.5. The maximum Gasteiger partial charge on any atom is 0.268 e. The van der Waals surface area contributed by atoms with E-state index in [1.807, 2.05) is 37.3 Å². The summed E-state index contributed by atoms with van der Waals surface area (Å²) < 4.78 is 17.0. The van der Waals surface area contributed by atoms with Gasteiger partial charge in [0, 0.05) is 0 Å². The lowest BCUT2D eigenvalue weighted by Gasteiger charge is -2.19. The van der Waals surface area contributed by atoms with Crippen molar-refractivity contribution in [3.8, 4) is 23.3 Å². The first-order valence-corrected chi connectivity index (χ1v) is 12.8. The van der Waals surface area contributed by atoms with E-state index in [1.54, 1.807) is 12.1 Å². The number of anilines is 1. The molecule has 0 fully saturated rings.